The fourth-order valence-electron chi connectivity index (χ4n) is 2.79. The van der Waals surface area contributed by atoms with Crippen molar-refractivity contribution >= 4 is 29.3 Å². The highest BCUT2D eigenvalue weighted by atomic mass is 32.2. The third kappa shape index (κ3) is 6.01. The van der Waals surface area contributed by atoms with Gasteiger partial charge in [-0.25, -0.2) is 0 Å². The first-order chi connectivity index (χ1) is 12.4. The molecule has 0 unspecified atom stereocenters. The second-order valence-electron chi connectivity index (χ2n) is 6.43. The molecule has 1 aromatic carbocycles. The lowest BCUT2D eigenvalue weighted by molar-refractivity contribution is -0.384. The number of benzene rings is 1. The molecule has 1 fully saturated rings. The highest BCUT2D eigenvalue weighted by Crippen LogP contribution is 2.26. The topological polar surface area (TPSA) is 98.5 Å². The molecule has 0 aromatic heterocycles. The number of carbonyl (C=O) groups excluding carboxylic acids is 2. The van der Waals surface area contributed by atoms with Crippen LogP contribution >= 0.6 is 11.8 Å². The Balaban J connectivity index is 1.81. The molecule has 0 aliphatic heterocycles. The van der Waals surface area contributed by atoms with Crippen LogP contribution in [0, 0.1) is 10.1 Å². The lowest BCUT2D eigenvalue weighted by Crippen LogP contribution is -2.43. The molecule has 26 heavy (non-hydrogen) atoms. The van der Waals surface area contributed by atoms with Gasteiger partial charge in [0.15, 0.2) is 6.10 Å². The van der Waals surface area contributed by atoms with E-state index >= 15 is 0 Å². The van der Waals surface area contributed by atoms with Gasteiger partial charge in [-0.15, -0.1) is 11.8 Å². The molecule has 1 saturated carbocycles. The van der Waals surface area contributed by atoms with Crippen molar-refractivity contribution in [2.24, 2.45) is 0 Å². The van der Waals surface area contributed by atoms with E-state index in [1.165, 1.54) is 30.3 Å². The molecule has 2 atom stereocenters. The number of non-ortho nitro benzene ring substituents is 1. The lowest BCUT2D eigenvalue weighted by Gasteiger charge is -2.24. The van der Waals surface area contributed by atoms with Gasteiger partial charge in [-0.2, -0.15) is 0 Å². The molecule has 2 rings (SSSR count). The zero-order chi connectivity index (χ0) is 19.1. The van der Waals surface area contributed by atoms with E-state index in [-0.39, 0.29) is 17.6 Å². The SMILES string of the molecule is C[C@H](OC(=O)[C@@H](C)Sc1ccc([N+](=O)[O-])cc1)C(=O)NC1CCCCC1. The molecule has 8 heteroatoms. The second kappa shape index (κ2) is 9.56. The molecular weight excluding hydrogens is 356 g/mol. The van der Waals surface area contributed by atoms with Gasteiger partial charge >= 0.3 is 5.97 Å². The summed E-state index contributed by atoms with van der Waals surface area (Å²) in [5.41, 5.74) is -0.00224. The zero-order valence-electron chi connectivity index (χ0n) is 15.0. The van der Waals surface area contributed by atoms with Gasteiger partial charge < -0.3 is 10.1 Å². The van der Waals surface area contributed by atoms with E-state index in [2.05, 4.69) is 5.32 Å². The van der Waals surface area contributed by atoms with Gasteiger partial charge in [-0.05, 0) is 38.8 Å². The van der Waals surface area contributed by atoms with Crippen LogP contribution in [-0.2, 0) is 14.3 Å². The minimum Gasteiger partial charge on any atom is -0.452 e. The van der Waals surface area contributed by atoms with E-state index < -0.39 is 22.2 Å². The fraction of sp³-hybridized carbons (Fsp3) is 0.556. The first-order valence-electron chi connectivity index (χ1n) is 8.79. The van der Waals surface area contributed by atoms with Crippen molar-refractivity contribution < 1.29 is 19.2 Å². The van der Waals surface area contributed by atoms with Crippen LogP contribution in [0.4, 0.5) is 5.69 Å². The van der Waals surface area contributed by atoms with Crippen molar-refractivity contribution in [1.82, 2.24) is 5.32 Å². The van der Waals surface area contributed by atoms with Crippen molar-refractivity contribution in [1.29, 1.82) is 0 Å². The zero-order valence-corrected chi connectivity index (χ0v) is 15.8. The minimum absolute atomic E-state index is 0.00224. The fourth-order valence-corrected chi connectivity index (χ4v) is 3.64. The highest BCUT2D eigenvalue weighted by Gasteiger charge is 2.25. The van der Waals surface area contributed by atoms with Crippen LogP contribution in [0.25, 0.3) is 0 Å². The number of hydrogen-bond donors (Lipinski definition) is 1. The molecule has 0 radical (unpaired) electrons. The maximum absolute atomic E-state index is 12.2. The monoisotopic (exact) mass is 380 g/mol. The number of carbonyl (C=O) groups is 2. The summed E-state index contributed by atoms with van der Waals surface area (Å²) in [4.78, 5) is 35.3. The number of nitro benzene ring substituents is 1. The Morgan fingerprint density at radius 3 is 2.38 bits per heavy atom. The lowest BCUT2D eigenvalue weighted by atomic mass is 9.95. The number of rotatable bonds is 7. The van der Waals surface area contributed by atoms with E-state index in [0.29, 0.717) is 0 Å². The van der Waals surface area contributed by atoms with Crippen LogP contribution in [0.1, 0.15) is 46.0 Å². The molecule has 7 nitrogen and oxygen atoms in total. The molecule has 0 heterocycles. The van der Waals surface area contributed by atoms with Crippen LogP contribution < -0.4 is 5.32 Å². The standard InChI is InChI=1S/C18H24N2O5S/c1-12(17(21)19-14-6-4-3-5-7-14)25-18(22)13(2)26-16-10-8-15(9-11-16)20(23)24/h8-14H,3-7H2,1-2H3,(H,19,21)/t12-,13+/m0/s1. The number of esters is 1. The van der Waals surface area contributed by atoms with Gasteiger partial charge in [0.25, 0.3) is 11.6 Å². The third-order valence-electron chi connectivity index (χ3n) is 4.31. The number of amides is 1. The Hall–Kier alpha value is -2.09. The smallest absolute Gasteiger partial charge is 0.319 e. The maximum Gasteiger partial charge on any atom is 0.319 e. The molecular formula is C18H24N2O5S. The molecule has 1 N–H and O–H groups in total. The van der Waals surface area contributed by atoms with Crippen molar-refractivity contribution in [3.8, 4) is 0 Å². The number of thioether (sulfide) groups is 1. The van der Waals surface area contributed by atoms with E-state index in [1.54, 1.807) is 26.0 Å². The summed E-state index contributed by atoms with van der Waals surface area (Å²) in [7, 11) is 0. The molecule has 142 valence electrons. The summed E-state index contributed by atoms with van der Waals surface area (Å²) in [6.07, 6.45) is 4.53. The third-order valence-corrected chi connectivity index (χ3v) is 5.40. The van der Waals surface area contributed by atoms with Gasteiger partial charge in [0.2, 0.25) is 0 Å². The predicted molar refractivity (Wildman–Crippen MR) is 99.0 cm³/mol. The predicted octanol–water partition coefficient (Wildman–Crippen LogP) is 3.46. The van der Waals surface area contributed by atoms with E-state index in [1.807, 2.05) is 0 Å². The number of nitrogens with zero attached hydrogens (tertiary/aromatic N) is 1. The summed E-state index contributed by atoms with van der Waals surface area (Å²) >= 11 is 1.23. The van der Waals surface area contributed by atoms with Crippen LogP contribution in [0.2, 0.25) is 0 Å². The largest absolute Gasteiger partial charge is 0.452 e. The summed E-state index contributed by atoms with van der Waals surface area (Å²) < 4.78 is 5.27. The van der Waals surface area contributed by atoms with Crippen LogP contribution in [-0.4, -0.2) is 34.2 Å². The number of ether oxygens (including phenoxy) is 1. The average molecular weight is 380 g/mol. The summed E-state index contributed by atoms with van der Waals surface area (Å²) in [6, 6.07) is 6.13. The second-order valence-corrected chi connectivity index (χ2v) is 7.85. The molecule has 1 aliphatic carbocycles. The minimum atomic E-state index is -0.843. The van der Waals surface area contributed by atoms with Crippen LogP contribution in [0.15, 0.2) is 29.2 Å². The van der Waals surface area contributed by atoms with Crippen LogP contribution in [0.5, 0.6) is 0 Å². The molecule has 1 amide bonds. The normalized spacial score (nSPS) is 17.2. The summed E-state index contributed by atoms with van der Waals surface area (Å²) in [6.45, 7) is 3.25. The maximum atomic E-state index is 12.2. The Morgan fingerprint density at radius 2 is 1.81 bits per heavy atom. The highest BCUT2D eigenvalue weighted by molar-refractivity contribution is 8.00. The van der Waals surface area contributed by atoms with Gasteiger partial charge in [0.05, 0.1) is 4.92 Å². The molecule has 0 saturated heterocycles. The molecule has 0 bridgehead atoms. The Bertz CT molecular complexity index is 643. The summed E-state index contributed by atoms with van der Waals surface area (Å²) in [5, 5.41) is 13.1. The van der Waals surface area contributed by atoms with Gasteiger partial charge in [0.1, 0.15) is 5.25 Å². The summed E-state index contributed by atoms with van der Waals surface area (Å²) in [5.74, 6) is -0.752. The van der Waals surface area contributed by atoms with Crippen molar-refractivity contribution in [2.45, 2.75) is 68.2 Å². The first kappa shape index (κ1) is 20.2. The quantitative estimate of drug-likeness (QED) is 0.337. The van der Waals surface area contributed by atoms with Gasteiger partial charge in [-0.3, -0.25) is 19.7 Å². The van der Waals surface area contributed by atoms with E-state index in [9.17, 15) is 19.7 Å². The van der Waals surface area contributed by atoms with Crippen LogP contribution in [0.3, 0.4) is 0 Å². The number of hydrogen-bond acceptors (Lipinski definition) is 6. The Morgan fingerprint density at radius 1 is 1.19 bits per heavy atom. The number of nitro groups is 1. The van der Waals surface area contributed by atoms with Crippen molar-refractivity contribution in [2.75, 3.05) is 0 Å². The van der Waals surface area contributed by atoms with E-state index in [0.717, 1.165) is 30.6 Å². The Labute approximate surface area is 157 Å². The Kier molecular flexibility index (Phi) is 7.44. The molecule has 1 aliphatic rings. The number of nitrogens with one attached hydrogen (secondary N) is 1. The van der Waals surface area contributed by atoms with E-state index in [4.69, 9.17) is 4.74 Å². The van der Waals surface area contributed by atoms with Gasteiger partial charge in [0, 0.05) is 23.1 Å². The van der Waals surface area contributed by atoms with Crippen molar-refractivity contribution in [3.05, 3.63) is 34.4 Å². The molecule has 1 aromatic rings. The van der Waals surface area contributed by atoms with Crippen molar-refractivity contribution in [3.63, 3.8) is 0 Å². The average Bonchev–Trinajstić information content (AvgIpc) is 2.62. The first-order valence-corrected chi connectivity index (χ1v) is 9.66. The van der Waals surface area contributed by atoms with Gasteiger partial charge in [-0.1, -0.05) is 19.3 Å². The molecule has 0 spiro atoms.